The second-order valence-corrected chi connectivity index (χ2v) is 4.05. The molecule has 1 amide bonds. The van der Waals surface area contributed by atoms with Gasteiger partial charge in [-0.05, 0) is 37.6 Å². The summed E-state index contributed by atoms with van der Waals surface area (Å²) in [5.74, 6) is -0.926. The molecule has 18 heavy (non-hydrogen) atoms. The molecule has 4 nitrogen and oxygen atoms in total. The summed E-state index contributed by atoms with van der Waals surface area (Å²) in [5.41, 5.74) is 0.525. The first kappa shape index (κ1) is 12.5. The Hall–Kier alpha value is -1.91. The average Bonchev–Trinajstić information content (AvgIpc) is 2.73. The molecule has 0 bridgehead atoms. The first-order valence-corrected chi connectivity index (χ1v) is 5.87. The number of anilines is 1. The molecule has 1 aromatic rings. The van der Waals surface area contributed by atoms with Crippen molar-refractivity contribution in [1.82, 2.24) is 0 Å². The van der Waals surface area contributed by atoms with Gasteiger partial charge in [0.25, 0.3) is 0 Å². The van der Waals surface area contributed by atoms with E-state index in [1.807, 2.05) is 0 Å². The van der Waals surface area contributed by atoms with Gasteiger partial charge in [0.05, 0.1) is 6.61 Å². The number of benzene rings is 1. The van der Waals surface area contributed by atoms with Crippen LogP contribution in [-0.2, 0) is 14.3 Å². The summed E-state index contributed by atoms with van der Waals surface area (Å²) >= 11 is 0. The van der Waals surface area contributed by atoms with Gasteiger partial charge in [-0.3, -0.25) is 9.69 Å². The SMILES string of the molecule is CCOC(=O)C1CCC(=O)N1c1ccc(F)cc1. The molecule has 1 aliphatic heterocycles. The Balaban J connectivity index is 2.25. The van der Waals surface area contributed by atoms with Gasteiger partial charge in [0.1, 0.15) is 11.9 Å². The molecule has 0 saturated carbocycles. The lowest BCUT2D eigenvalue weighted by Crippen LogP contribution is -2.39. The molecule has 1 aliphatic rings. The number of ether oxygens (including phenoxy) is 1. The maximum Gasteiger partial charge on any atom is 0.329 e. The molecule has 1 unspecified atom stereocenters. The normalized spacial score (nSPS) is 19.1. The van der Waals surface area contributed by atoms with Crippen LogP contribution >= 0.6 is 0 Å². The number of rotatable bonds is 3. The molecule has 1 fully saturated rings. The number of carbonyl (C=O) groups is 2. The molecule has 0 spiro atoms. The van der Waals surface area contributed by atoms with Crippen molar-refractivity contribution in [3.63, 3.8) is 0 Å². The Bertz CT molecular complexity index is 458. The fourth-order valence-electron chi connectivity index (χ4n) is 2.07. The molecule has 1 atom stereocenters. The molecular weight excluding hydrogens is 237 g/mol. The van der Waals surface area contributed by atoms with Gasteiger partial charge in [-0.25, -0.2) is 9.18 Å². The lowest BCUT2D eigenvalue weighted by molar-refractivity contribution is -0.144. The highest BCUT2D eigenvalue weighted by molar-refractivity contribution is 6.02. The minimum absolute atomic E-state index is 0.139. The van der Waals surface area contributed by atoms with E-state index in [1.54, 1.807) is 6.92 Å². The Morgan fingerprint density at radius 1 is 1.44 bits per heavy atom. The zero-order valence-electron chi connectivity index (χ0n) is 10.1. The van der Waals surface area contributed by atoms with Gasteiger partial charge < -0.3 is 4.74 Å². The van der Waals surface area contributed by atoms with E-state index in [0.717, 1.165) is 0 Å². The van der Waals surface area contributed by atoms with E-state index in [-0.39, 0.29) is 18.3 Å². The number of halogens is 1. The summed E-state index contributed by atoms with van der Waals surface area (Å²) < 4.78 is 17.8. The predicted molar refractivity (Wildman–Crippen MR) is 63.5 cm³/mol. The summed E-state index contributed by atoms with van der Waals surface area (Å²) in [6.45, 7) is 2.00. The van der Waals surface area contributed by atoms with Crippen LogP contribution in [0.25, 0.3) is 0 Å². The minimum Gasteiger partial charge on any atom is -0.464 e. The Labute approximate surface area is 104 Å². The lowest BCUT2D eigenvalue weighted by Gasteiger charge is -2.23. The van der Waals surface area contributed by atoms with Crippen LogP contribution in [0.1, 0.15) is 19.8 Å². The van der Waals surface area contributed by atoms with Crippen molar-refractivity contribution in [2.45, 2.75) is 25.8 Å². The number of hydrogen-bond donors (Lipinski definition) is 0. The van der Waals surface area contributed by atoms with Crippen LogP contribution in [0.15, 0.2) is 24.3 Å². The fraction of sp³-hybridized carbons (Fsp3) is 0.385. The Morgan fingerprint density at radius 3 is 2.72 bits per heavy atom. The molecule has 1 heterocycles. The van der Waals surface area contributed by atoms with Gasteiger partial charge in [-0.1, -0.05) is 0 Å². The highest BCUT2D eigenvalue weighted by atomic mass is 19.1. The van der Waals surface area contributed by atoms with Gasteiger partial charge in [-0.15, -0.1) is 0 Å². The van der Waals surface area contributed by atoms with Crippen molar-refractivity contribution < 1.29 is 18.7 Å². The van der Waals surface area contributed by atoms with Crippen LogP contribution in [0, 0.1) is 5.82 Å². The van der Waals surface area contributed by atoms with Gasteiger partial charge >= 0.3 is 5.97 Å². The third-order valence-electron chi connectivity index (χ3n) is 2.88. The van der Waals surface area contributed by atoms with Gasteiger partial charge in [-0.2, -0.15) is 0 Å². The molecule has 0 radical (unpaired) electrons. The predicted octanol–water partition coefficient (Wildman–Crippen LogP) is 1.88. The Morgan fingerprint density at radius 2 is 2.11 bits per heavy atom. The maximum atomic E-state index is 12.9. The molecule has 1 saturated heterocycles. The largest absolute Gasteiger partial charge is 0.464 e. The quantitative estimate of drug-likeness (QED) is 0.771. The zero-order chi connectivity index (χ0) is 13.1. The highest BCUT2D eigenvalue weighted by Crippen LogP contribution is 2.27. The standard InChI is InChI=1S/C13H14FNO3/c1-2-18-13(17)11-7-8-12(16)15(11)10-5-3-9(14)4-6-10/h3-6,11H,2,7-8H2,1H3. The van der Waals surface area contributed by atoms with Gasteiger partial charge in [0.2, 0.25) is 5.91 Å². The first-order chi connectivity index (χ1) is 8.63. The summed E-state index contributed by atoms with van der Waals surface area (Å²) in [6, 6.07) is 4.92. The van der Waals surface area contributed by atoms with Gasteiger partial charge in [0.15, 0.2) is 0 Å². The van der Waals surface area contributed by atoms with Crippen molar-refractivity contribution in [1.29, 1.82) is 0 Å². The lowest BCUT2D eigenvalue weighted by atomic mass is 10.2. The van der Waals surface area contributed by atoms with Crippen LogP contribution in [0.3, 0.4) is 0 Å². The van der Waals surface area contributed by atoms with E-state index in [0.29, 0.717) is 18.5 Å². The molecule has 0 aromatic heterocycles. The molecule has 96 valence electrons. The summed E-state index contributed by atoms with van der Waals surface area (Å²) in [4.78, 5) is 24.9. The number of esters is 1. The Kier molecular flexibility index (Phi) is 3.60. The average molecular weight is 251 g/mol. The van der Waals surface area contributed by atoms with Crippen molar-refractivity contribution in [3.8, 4) is 0 Å². The van der Waals surface area contributed by atoms with E-state index >= 15 is 0 Å². The molecule has 2 rings (SSSR count). The van der Waals surface area contributed by atoms with Gasteiger partial charge in [0, 0.05) is 12.1 Å². The maximum absolute atomic E-state index is 12.9. The van der Waals surface area contributed by atoms with E-state index < -0.39 is 12.0 Å². The number of amides is 1. The van der Waals surface area contributed by atoms with Crippen molar-refractivity contribution in [2.24, 2.45) is 0 Å². The number of carbonyl (C=O) groups excluding carboxylic acids is 2. The monoisotopic (exact) mass is 251 g/mol. The second kappa shape index (κ2) is 5.16. The van der Waals surface area contributed by atoms with Crippen molar-refractivity contribution >= 4 is 17.6 Å². The second-order valence-electron chi connectivity index (χ2n) is 4.05. The van der Waals surface area contributed by atoms with E-state index in [1.165, 1.54) is 29.2 Å². The molecular formula is C13H14FNO3. The first-order valence-electron chi connectivity index (χ1n) is 5.87. The number of nitrogens with zero attached hydrogens (tertiary/aromatic N) is 1. The number of hydrogen-bond acceptors (Lipinski definition) is 3. The van der Waals surface area contributed by atoms with Crippen LogP contribution in [0.4, 0.5) is 10.1 Å². The molecule has 5 heteroatoms. The summed E-state index contributed by atoms with van der Waals surface area (Å²) in [6.07, 6.45) is 0.746. The molecule has 1 aromatic carbocycles. The fourth-order valence-corrected chi connectivity index (χ4v) is 2.07. The van der Waals surface area contributed by atoms with Crippen LogP contribution < -0.4 is 4.90 Å². The molecule has 0 aliphatic carbocycles. The molecule has 0 N–H and O–H groups in total. The van der Waals surface area contributed by atoms with E-state index in [4.69, 9.17) is 4.74 Å². The van der Waals surface area contributed by atoms with Crippen LogP contribution in [-0.4, -0.2) is 24.5 Å². The van der Waals surface area contributed by atoms with Crippen molar-refractivity contribution in [3.05, 3.63) is 30.1 Å². The topological polar surface area (TPSA) is 46.6 Å². The van der Waals surface area contributed by atoms with E-state index in [2.05, 4.69) is 0 Å². The van der Waals surface area contributed by atoms with Crippen molar-refractivity contribution in [2.75, 3.05) is 11.5 Å². The van der Waals surface area contributed by atoms with Crippen LogP contribution in [0.2, 0.25) is 0 Å². The zero-order valence-corrected chi connectivity index (χ0v) is 10.1. The third kappa shape index (κ3) is 2.34. The smallest absolute Gasteiger partial charge is 0.329 e. The summed E-state index contributed by atoms with van der Waals surface area (Å²) in [5, 5.41) is 0. The van der Waals surface area contributed by atoms with E-state index in [9.17, 15) is 14.0 Å². The third-order valence-corrected chi connectivity index (χ3v) is 2.88. The minimum atomic E-state index is -0.595. The summed E-state index contributed by atoms with van der Waals surface area (Å²) in [7, 11) is 0. The highest BCUT2D eigenvalue weighted by Gasteiger charge is 2.37. The van der Waals surface area contributed by atoms with Crippen LogP contribution in [0.5, 0.6) is 0 Å².